The van der Waals surface area contributed by atoms with Crippen LogP contribution in [0.3, 0.4) is 0 Å². The number of hydrogen-bond acceptors (Lipinski definition) is 3. The second-order valence-corrected chi connectivity index (χ2v) is 2.59. The summed E-state index contributed by atoms with van der Waals surface area (Å²) in [7, 11) is 0. The van der Waals surface area contributed by atoms with Crippen LogP contribution in [0.1, 0.15) is 12.5 Å². The topological polar surface area (TPSA) is 22.1 Å². The lowest BCUT2D eigenvalue weighted by atomic mass is 10.3. The molecule has 0 aliphatic heterocycles. The molecule has 2 nitrogen and oxygen atoms in total. The van der Waals surface area contributed by atoms with Crippen LogP contribution < -0.4 is 4.74 Å². The minimum absolute atomic E-state index is 0.563. The van der Waals surface area contributed by atoms with Crippen LogP contribution in [0, 0.1) is 11.8 Å². The Bertz CT molecular complexity index is 310. The summed E-state index contributed by atoms with van der Waals surface area (Å²) in [6, 6.07) is 3.69. The molecule has 1 aromatic heterocycles. The van der Waals surface area contributed by atoms with Crippen LogP contribution in [0.4, 0.5) is 0 Å². The third kappa shape index (κ3) is 3.39. The molecule has 3 heteroatoms. The van der Waals surface area contributed by atoms with Gasteiger partial charge in [0.15, 0.2) is 0 Å². The van der Waals surface area contributed by atoms with Gasteiger partial charge in [0, 0.05) is 17.8 Å². The average molecular weight is 193 g/mol. The Morgan fingerprint density at radius 3 is 2.92 bits per heavy atom. The number of ether oxygens (including phenoxy) is 1. The van der Waals surface area contributed by atoms with Crippen molar-refractivity contribution < 1.29 is 4.74 Å². The molecule has 1 rings (SSSR count). The lowest BCUT2D eigenvalue weighted by molar-refractivity contribution is 0.327. The van der Waals surface area contributed by atoms with E-state index in [1.54, 1.807) is 6.20 Å². The summed E-state index contributed by atoms with van der Waals surface area (Å²) >= 11 is 3.99. The highest BCUT2D eigenvalue weighted by atomic mass is 32.1. The summed E-state index contributed by atoms with van der Waals surface area (Å²) in [4.78, 5) is 4.07. The maximum atomic E-state index is 5.19. The van der Waals surface area contributed by atoms with Gasteiger partial charge in [-0.1, -0.05) is 11.8 Å². The molecule has 0 atom stereocenters. The van der Waals surface area contributed by atoms with E-state index in [1.807, 2.05) is 19.1 Å². The molecule has 0 amide bonds. The molecule has 13 heavy (non-hydrogen) atoms. The highest BCUT2D eigenvalue weighted by Gasteiger charge is 1.91. The molecular weight excluding hydrogens is 182 g/mol. The van der Waals surface area contributed by atoms with Gasteiger partial charge in [-0.15, -0.1) is 0 Å². The largest absolute Gasteiger partial charge is 0.478 e. The number of thiol groups is 1. The molecule has 0 fully saturated rings. The summed E-state index contributed by atoms with van der Waals surface area (Å²) < 4.78 is 5.19. The van der Waals surface area contributed by atoms with Crippen molar-refractivity contribution in [2.24, 2.45) is 0 Å². The smallest absolute Gasteiger partial charge is 0.213 e. The summed E-state index contributed by atoms with van der Waals surface area (Å²) in [6.07, 6.45) is 1.70. The van der Waals surface area contributed by atoms with Gasteiger partial charge >= 0.3 is 0 Å². The van der Waals surface area contributed by atoms with E-state index in [0.717, 1.165) is 5.56 Å². The van der Waals surface area contributed by atoms with E-state index in [-0.39, 0.29) is 0 Å². The van der Waals surface area contributed by atoms with Crippen molar-refractivity contribution in [2.75, 3.05) is 12.4 Å². The van der Waals surface area contributed by atoms with Gasteiger partial charge in [-0.25, -0.2) is 4.98 Å². The van der Waals surface area contributed by atoms with Crippen LogP contribution in [0.2, 0.25) is 0 Å². The molecular formula is C10H11NOS. The van der Waals surface area contributed by atoms with Crippen LogP contribution in [0.15, 0.2) is 18.3 Å². The Morgan fingerprint density at radius 1 is 1.54 bits per heavy atom. The molecule has 0 aromatic carbocycles. The zero-order valence-corrected chi connectivity index (χ0v) is 8.34. The third-order valence-corrected chi connectivity index (χ3v) is 1.50. The monoisotopic (exact) mass is 193 g/mol. The van der Waals surface area contributed by atoms with E-state index >= 15 is 0 Å². The van der Waals surface area contributed by atoms with Crippen LogP contribution in [-0.4, -0.2) is 17.3 Å². The Balaban J connectivity index is 2.69. The fourth-order valence-corrected chi connectivity index (χ4v) is 0.908. The Morgan fingerprint density at radius 2 is 2.38 bits per heavy atom. The van der Waals surface area contributed by atoms with Crippen molar-refractivity contribution >= 4 is 12.6 Å². The van der Waals surface area contributed by atoms with E-state index in [9.17, 15) is 0 Å². The van der Waals surface area contributed by atoms with Crippen LogP contribution in [0.25, 0.3) is 0 Å². The molecule has 1 heterocycles. The minimum atomic E-state index is 0.563. The van der Waals surface area contributed by atoms with Crippen molar-refractivity contribution in [1.82, 2.24) is 4.98 Å². The molecule has 0 radical (unpaired) electrons. The number of aromatic nitrogens is 1. The molecule has 0 unspecified atom stereocenters. The predicted molar refractivity (Wildman–Crippen MR) is 56.1 cm³/mol. The highest BCUT2D eigenvalue weighted by Crippen LogP contribution is 2.06. The van der Waals surface area contributed by atoms with Crippen molar-refractivity contribution in [3.05, 3.63) is 23.9 Å². The number of hydrogen-bond donors (Lipinski definition) is 1. The Labute approximate surface area is 83.7 Å². The summed E-state index contributed by atoms with van der Waals surface area (Å²) in [5, 5.41) is 0. The first-order chi connectivity index (χ1) is 6.36. The normalized spacial score (nSPS) is 8.77. The molecule has 0 N–H and O–H groups in total. The quantitative estimate of drug-likeness (QED) is 0.571. The SMILES string of the molecule is CCOc1ccc(C#CCS)cn1. The van der Waals surface area contributed by atoms with E-state index in [1.165, 1.54) is 0 Å². The van der Waals surface area contributed by atoms with Gasteiger partial charge in [0.05, 0.1) is 12.4 Å². The van der Waals surface area contributed by atoms with Crippen molar-refractivity contribution in [1.29, 1.82) is 0 Å². The maximum absolute atomic E-state index is 5.19. The lowest BCUT2D eigenvalue weighted by Gasteiger charge is -1.99. The first-order valence-corrected chi connectivity index (χ1v) is 4.68. The zero-order chi connectivity index (χ0) is 9.52. The number of nitrogens with zero attached hydrogens (tertiary/aromatic N) is 1. The standard InChI is InChI=1S/C10H11NOS/c1-2-12-10-6-5-9(8-11-10)4-3-7-13/h5-6,8,13H,2,7H2,1H3. The number of rotatable bonds is 2. The minimum Gasteiger partial charge on any atom is -0.478 e. The van der Waals surface area contributed by atoms with Crippen LogP contribution >= 0.6 is 12.6 Å². The van der Waals surface area contributed by atoms with Crippen LogP contribution in [0.5, 0.6) is 5.88 Å². The first-order valence-electron chi connectivity index (χ1n) is 4.05. The fourth-order valence-electron chi connectivity index (χ4n) is 0.829. The average Bonchev–Trinajstić information content (AvgIpc) is 2.17. The molecule has 0 bridgehead atoms. The van der Waals surface area contributed by atoms with Gasteiger partial charge in [-0.2, -0.15) is 12.6 Å². The summed E-state index contributed by atoms with van der Waals surface area (Å²) in [6.45, 7) is 2.56. The first kappa shape index (κ1) is 9.94. The molecule has 0 saturated carbocycles. The van der Waals surface area contributed by atoms with E-state index in [2.05, 4.69) is 29.5 Å². The van der Waals surface area contributed by atoms with Crippen molar-refractivity contribution in [3.8, 4) is 17.7 Å². The van der Waals surface area contributed by atoms with Gasteiger partial charge in [-0.3, -0.25) is 0 Å². The van der Waals surface area contributed by atoms with E-state index in [0.29, 0.717) is 18.2 Å². The Hall–Kier alpha value is -1.14. The van der Waals surface area contributed by atoms with Gasteiger partial charge in [0.1, 0.15) is 0 Å². The number of pyridine rings is 1. The zero-order valence-electron chi connectivity index (χ0n) is 7.45. The van der Waals surface area contributed by atoms with Crippen molar-refractivity contribution in [3.63, 3.8) is 0 Å². The second kappa shape index (κ2) is 5.50. The lowest BCUT2D eigenvalue weighted by Crippen LogP contribution is -1.93. The molecule has 0 spiro atoms. The molecule has 0 saturated heterocycles. The molecule has 68 valence electrons. The highest BCUT2D eigenvalue weighted by molar-refractivity contribution is 7.80. The van der Waals surface area contributed by atoms with Crippen LogP contribution in [-0.2, 0) is 0 Å². The van der Waals surface area contributed by atoms with Gasteiger partial charge in [0.2, 0.25) is 5.88 Å². The summed E-state index contributed by atoms with van der Waals surface area (Å²) in [5.74, 6) is 6.97. The Kier molecular flexibility index (Phi) is 4.20. The fraction of sp³-hybridized carbons (Fsp3) is 0.300. The van der Waals surface area contributed by atoms with Gasteiger partial charge < -0.3 is 4.74 Å². The predicted octanol–water partition coefficient (Wildman–Crippen LogP) is 1.76. The molecule has 0 aliphatic rings. The maximum Gasteiger partial charge on any atom is 0.213 e. The van der Waals surface area contributed by atoms with E-state index in [4.69, 9.17) is 4.74 Å². The molecule has 0 aliphatic carbocycles. The van der Waals surface area contributed by atoms with Gasteiger partial charge in [0.25, 0.3) is 0 Å². The molecule has 1 aromatic rings. The van der Waals surface area contributed by atoms with Gasteiger partial charge in [-0.05, 0) is 13.0 Å². The van der Waals surface area contributed by atoms with Crippen molar-refractivity contribution in [2.45, 2.75) is 6.92 Å². The third-order valence-electron chi connectivity index (χ3n) is 1.34. The van der Waals surface area contributed by atoms with E-state index < -0.39 is 0 Å². The summed E-state index contributed by atoms with van der Waals surface area (Å²) in [5.41, 5.74) is 0.887. The second-order valence-electron chi connectivity index (χ2n) is 2.28.